The number of rotatable bonds is 31. The van der Waals surface area contributed by atoms with Crippen molar-refractivity contribution < 1.29 is 20.1 Å². The van der Waals surface area contributed by atoms with E-state index in [0.717, 1.165) is 38.5 Å². The molecule has 1 amide bonds. The second-order valence-electron chi connectivity index (χ2n) is 12.1. The minimum Gasteiger partial charge on any atom is -0.394 e. The fourth-order valence-electron chi connectivity index (χ4n) is 5.21. The number of carbonyl (C=O) groups is 1. The van der Waals surface area contributed by atoms with E-state index in [4.69, 9.17) is 0 Å². The predicted molar refractivity (Wildman–Crippen MR) is 176 cm³/mol. The van der Waals surface area contributed by atoms with Gasteiger partial charge in [-0.05, 0) is 44.9 Å². The highest BCUT2D eigenvalue weighted by atomic mass is 16.3. The lowest BCUT2D eigenvalue weighted by Crippen LogP contribution is -2.45. The van der Waals surface area contributed by atoms with Crippen LogP contribution in [0.5, 0.6) is 0 Å². The van der Waals surface area contributed by atoms with Crippen molar-refractivity contribution in [1.29, 1.82) is 0 Å². The Morgan fingerprint density at radius 3 is 1.49 bits per heavy atom. The van der Waals surface area contributed by atoms with Gasteiger partial charge in [0.25, 0.3) is 0 Å². The number of carbonyl (C=O) groups excluding carboxylic acids is 1. The monoisotopic (exact) mass is 580 g/mol. The minimum atomic E-state index is -0.927. The Labute approximate surface area is 254 Å². The normalized spacial score (nSPS) is 14.2. The SMILES string of the molecule is CCCCCCCCCC/C=C/C(O)C(CO)NC(=O)CC(O)CCCCC/C=C\CCCCCCCCCCC. The largest absolute Gasteiger partial charge is 0.394 e. The fraction of sp³-hybridized carbons (Fsp3) is 0.861. The highest BCUT2D eigenvalue weighted by Gasteiger charge is 2.20. The maximum absolute atomic E-state index is 12.3. The van der Waals surface area contributed by atoms with Crippen LogP contribution in [-0.4, -0.2) is 46.1 Å². The quantitative estimate of drug-likeness (QED) is 0.0487. The van der Waals surface area contributed by atoms with Crippen molar-refractivity contribution in [3.8, 4) is 0 Å². The fourth-order valence-corrected chi connectivity index (χ4v) is 5.21. The van der Waals surface area contributed by atoms with Crippen molar-refractivity contribution in [3.05, 3.63) is 24.3 Å². The molecular formula is C36H69NO4. The predicted octanol–water partition coefficient (Wildman–Crippen LogP) is 9.09. The van der Waals surface area contributed by atoms with Crippen LogP contribution >= 0.6 is 0 Å². The smallest absolute Gasteiger partial charge is 0.222 e. The topological polar surface area (TPSA) is 89.8 Å². The second kappa shape index (κ2) is 31.8. The van der Waals surface area contributed by atoms with Crippen LogP contribution in [0.1, 0.15) is 174 Å². The van der Waals surface area contributed by atoms with E-state index in [9.17, 15) is 20.1 Å². The maximum atomic E-state index is 12.3. The van der Waals surface area contributed by atoms with Crippen molar-refractivity contribution in [1.82, 2.24) is 5.32 Å². The number of hydrogen-bond acceptors (Lipinski definition) is 4. The van der Waals surface area contributed by atoms with Gasteiger partial charge in [0, 0.05) is 0 Å². The van der Waals surface area contributed by atoms with Gasteiger partial charge in [0.2, 0.25) is 5.91 Å². The molecule has 0 radical (unpaired) electrons. The number of amides is 1. The minimum absolute atomic E-state index is 0.00380. The number of aliphatic hydroxyl groups is 3. The van der Waals surface area contributed by atoms with Crippen molar-refractivity contribution in [2.45, 2.75) is 193 Å². The van der Waals surface area contributed by atoms with Crippen LogP contribution in [0.25, 0.3) is 0 Å². The molecule has 0 rings (SSSR count). The number of hydrogen-bond donors (Lipinski definition) is 4. The lowest BCUT2D eigenvalue weighted by Gasteiger charge is -2.21. The highest BCUT2D eigenvalue weighted by molar-refractivity contribution is 5.76. The van der Waals surface area contributed by atoms with Crippen LogP contribution < -0.4 is 5.32 Å². The molecule has 41 heavy (non-hydrogen) atoms. The summed E-state index contributed by atoms with van der Waals surface area (Å²) in [5.41, 5.74) is 0. The number of unbranched alkanes of at least 4 members (excludes halogenated alkanes) is 20. The van der Waals surface area contributed by atoms with E-state index in [1.54, 1.807) is 6.08 Å². The molecule has 3 atom stereocenters. The molecule has 0 aromatic carbocycles. The van der Waals surface area contributed by atoms with E-state index in [-0.39, 0.29) is 18.9 Å². The van der Waals surface area contributed by atoms with Crippen molar-refractivity contribution >= 4 is 5.91 Å². The molecule has 0 saturated heterocycles. The molecule has 0 bridgehead atoms. The van der Waals surface area contributed by atoms with E-state index in [2.05, 4.69) is 31.3 Å². The van der Waals surface area contributed by atoms with Gasteiger partial charge in [-0.15, -0.1) is 0 Å². The van der Waals surface area contributed by atoms with E-state index >= 15 is 0 Å². The molecule has 0 aliphatic carbocycles. The third kappa shape index (κ3) is 28.7. The highest BCUT2D eigenvalue weighted by Crippen LogP contribution is 2.13. The Kier molecular flexibility index (Phi) is 30.9. The summed E-state index contributed by atoms with van der Waals surface area (Å²) in [4.78, 5) is 12.3. The first kappa shape index (κ1) is 39.8. The number of aliphatic hydroxyl groups excluding tert-OH is 3. The summed E-state index contributed by atoms with van der Waals surface area (Å²) in [5, 5.41) is 32.9. The molecule has 0 heterocycles. The first-order valence-corrected chi connectivity index (χ1v) is 17.6. The first-order valence-electron chi connectivity index (χ1n) is 17.6. The zero-order valence-electron chi connectivity index (χ0n) is 27.2. The van der Waals surface area contributed by atoms with Crippen LogP contribution in [0, 0.1) is 0 Å². The lowest BCUT2D eigenvalue weighted by atomic mass is 10.0. The molecule has 0 aliphatic rings. The molecule has 5 nitrogen and oxygen atoms in total. The standard InChI is InChI=1S/C36H69NO4/c1-3-5-7-9-11-13-15-16-17-18-19-20-21-23-25-27-29-33(39)31-36(41)37-34(32-38)35(40)30-28-26-24-22-14-12-10-8-6-4-2/h19-20,28,30,33-35,38-40H,3-18,21-27,29,31-32H2,1-2H3,(H,37,41)/b20-19-,30-28+. The van der Waals surface area contributed by atoms with Gasteiger partial charge < -0.3 is 20.6 Å². The van der Waals surface area contributed by atoms with Crippen LogP contribution in [0.3, 0.4) is 0 Å². The Morgan fingerprint density at radius 1 is 0.610 bits per heavy atom. The van der Waals surface area contributed by atoms with Gasteiger partial charge in [-0.2, -0.15) is 0 Å². The molecule has 3 unspecified atom stereocenters. The summed E-state index contributed by atoms with van der Waals surface area (Å²) in [6.45, 7) is 4.17. The molecule has 0 spiro atoms. The molecule has 0 aromatic rings. The van der Waals surface area contributed by atoms with E-state index in [0.29, 0.717) is 6.42 Å². The summed E-state index contributed by atoms with van der Waals surface area (Å²) < 4.78 is 0. The summed E-state index contributed by atoms with van der Waals surface area (Å²) in [7, 11) is 0. The van der Waals surface area contributed by atoms with E-state index < -0.39 is 18.2 Å². The van der Waals surface area contributed by atoms with Crippen molar-refractivity contribution in [2.24, 2.45) is 0 Å². The average molecular weight is 580 g/mol. The Hall–Kier alpha value is -1.17. The van der Waals surface area contributed by atoms with Crippen LogP contribution in [-0.2, 0) is 4.79 Å². The summed E-state index contributed by atoms with van der Waals surface area (Å²) in [5.74, 6) is -0.327. The second-order valence-corrected chi connectivity index (χ2v) is 12.1. The summed E-state index contributed by atoms with van der Waals surface area (Å²) >= 11 is 0. The van der Waals surface area contributed by atoms with E-state index in [1.807, 2.05) is 6.08 Å². The number of allylic oxidation sites excluding steroid dienone is 3. The van der Waals surface area contributed by atoms with Gasteiger partial charge in [0.05, 0.1) is 31.3 Å². The van der Waals surface area contributed by atoms with E-state index in [1.165, 1.54) is 109 Å². The van der Waals surface area contributed by atoms with Gasteiger partial charge in [-0.1, -0.05) is 147 Å². The third-order valence-corrected chi connectivity index (χ3v) is 7.98. The van der Waals surface area contributed by atoms with Crippen molar-refractivity contribution in [3.63, 3.8) is 0 Å². The third-order valence-electron chi connectivity index (χ3n) is 7.98. The molecule has 0 fully saturated rings. The number of nitrogens with one attached hydrogen (secondary N) is 1. The zero-order chi connectivity index (χ0) is 30.2. The molecule has 5 heteroatoms. The van der Waals surface area contributed by atoms with Crippen molar-refractivity contribution in [2.75, 3.05) is 6.61 Å². The Morgan fingerprint density at radius 2 is 1.02 bits per heavy atom. The summed E-state index contributed by atoms with van der Waals surface area (Å²) in [6, 6.07) is -0.744. The van der Waals surface area contributed by atoms with Gasteiger partial charge in [0.15, 0.2) is 0 Å². The van der Waals surface area contributed by atoms with Gasteiger partial charge in [-0.3, -0.25) is 4.79 Å². The molecule has 0 saturated carbocycles. The zero-order valence-corrected chi connectivity index (χ0v) is 27.2. The van der Waals surface area contributed by atoms with Crippen LogP contribution in [0.4, 0.5) is 0 Å². The molecular weight excluding hydrogens is 510 g/mol. The van der Waals surface area contributed by atoms with Gasteiger partial charge in [0.1, 0.15) is 0 Å². The van der Waals surface area contributed by atoms with Gasteiger partial charge in [-0.25, -0.2) is 0 Å². The average Bonchev–Trinajstić information content (AvgIpc) is 2.96. The van der Waals surface area contributed by atoms with Gasteiger partial charge >= 0.3 is 0 Å². The molecule has 0 aromatic heterocycles. The van der Waals surface area contributed by atoms with Crippen LogP contribution in [0.15, 0.2) is 24.3 Å². The molecule has 4 N–H and O–H groups in total. The molecule has 242 valence electrons. The summed E-state index contributed by atoms with van der Waals surface area (Å²) in [6.07, 6.45) is 35.9. The first-order chi connectivity index (χ1) is 20.0. The lowest BCUT2D eigenvalue weighted by molar-refractivity contribution is -0.124. The maximum Gasteiger partial charge on any atom is 0.222 e. The Bertz CT molecular complexity index is 606. The van der Waals surface area contributed by atoms with Crippen LogP contribution in [0.2, 0.25) is 0 Å². The Balaban J connectivity index is 3.76. The molecule has 0 aliphatic heterocycles.